The second-order valence-electron chi connectivity index (χ2n) is 7.13. The molecule has 27 heavy (non-hydrogen) atoms. The lowest BCUT2D eigenvalue weighted by atomic mass is 10.1. The molecule has 1 fully saturated rings. The highest BCUT2D eigenvalue weighted by Crippen LogP contribution is 2.19. The van der Waals surface area contributed by atoms with Crippen LogP contribution < -0.4 is 4.72 Å². The van der Waals surface area contributed by atoms with Crippen LogP contribution in [0.4, 0.5) is 0 Å². The fourth-order valence-electron chi connectivity index (χ4n) is 3.56. The molecular weight excluding hydrogens is 356 g/mol. The van der Waals surface area contributed by atoms with Gasteiger partial charge in [-0.05, 0) is 60.0 Å². The van der Waals surface area contributed by atoms with E-state index in [0.29, 0.717) is 11.4 Å². The van der Waals surface area contributed by atoms with E-state index >= 15 is 0 Å². The van der Waals surface area contributed by atoms with Crippen LogP contribution in [-0.4, -0.2) is 26.4 Å². The molecule has 0 atom stereocenters. The van der Waals surface area contributed by atoms with E-state index in [1.165, 1.54) is 31.5 Å². The molecule has 0 aromatic heterocycles. The quantitative estimate of drug-likeness (QED) is 0.705. The number of benzene rings is 3. The van der Waals surface area contributed by atoms with E-state index in [2.05, 4.69) is 21.8 Å². The zero-order valence-corrected chi connectivity index (χ0v) is 16.1. The van der Waals surface area contributed by atoms with Crippen molar-refractivity contribution in [2.24, 2.45) is 0 Å². The summed E-state index contributed by atoms with van der Waals surface area (Å²) < 4.78 is 28.0. The van der Waals surface area contributed by atoms with Crippen molar-refractivity contribution in [2.75, 3.05) is 13.1 Å². The molecule has 0 spiro atoms. The molecule has 1 N–H and O–H groups in total. The SMILES string of the molecule is O=S(=O)(NCc1ccc(CN2CCCC2)cc1)c1ccc2ccccc2c1. The second-order valence-corrected chi connectivity index (χ2v) is 8.90. The molecule has 0 saturated carbocycles. The van der Waals surface area contributed by atoms with Crippen LogP contribution in [0, 0.1) is 0 Å². The molecule has 0 radical (unpaired) electrons. The molecule has 1 heterocycles. The molecular formula is C22H24N2O2S. The predicted octanol–water partition coefficient (Wildman–Crippen LogP) is 3.91. The third-order valence-corrected chi connectivity index (χ3v) is 6.52. The molecule has 3 aromatic carbocycles. The number of sulfonamides is 1. The van der Waals surface area contributed by atoms with Gasteiger partial charge in [0, 0.05) is 13.1 Å². The number of rotatable bonds is 6. The summed E-state index contributed by atoms with van der Waals surface area (Å²) >= 11 is 0. The monoisotopic (exact) mass is 380 g/mol. The predicted molar refractivity (Wildman–Crippen MR) is 109 cm³/mol. The van der Waals surface area contributed by atoms with Crippen LogP contribution >= 0.6 is 0 Å². The van der Waals surface area contributed by atoms with E-state index in [0.717, 1.165) is 22.9 Å². The number of hydrogen-bond acceptors (Lipinski definition) is 3. The average Bonchev–Trinajstić information content (AvgIpc) is 3.20. The van der Waals surface area contributed by atoms with E-state index in [1.807, 2.05) is 42.5 Å². The Labute approximate surface area is 160 Å². The van der Waals surface area contributed by atoms with Gasteiger partial charge in [0.05, 0.1) is 4.90 Å². The summed E-state index contributed by atoms with van der Waals surface area (Å²) in [6.07, 6.45) is 2.57. The van der Waals surface area contributed by atoms with Crippen molar-refractivity contribution in [3.8, 4) is 0 Å². The maximum Gasteiger partial charge on any atom is 0.240 e. The Balaban J connectivity index is 1.41. The molecule has 0 aliphatic carbocycles. The van der Waals surface area contributed by atoms with Gasteiger partial charge < -0.3 is 0 Å². The summed E-state index contributed by atoms with van der Waals surface area (Å²) in [5, 5.41) is 1.96. The number of fused-ring (bicyclic) bond motifs is 1. The Morgan fingerprint density at radius 1 is 0.815 bits per heavy atom. The van der Waals surface area contributed by atoms with Gasteiger partial charge in [-0.1, -0.05) is 54.6 Å². The van der Waals surface area contributed by atoms with Crippen molar-refractivity contribution in [3.63, 3.8) is 0 Å². The Kier molecular flexibility index (Phi) is 5.25. The lowest BCUT2D eigenvalue weighted by Crippen LogP contribution is -2.23. The van der Waals surface area contributed by atoms with Gasteiger partial charge in [0.2, 0.25) is 10.0 Å². The number of nitrogens with one attached hydrogen (secondary N) is 1. The number of nitrogens with zero attached hydrogens (tertiary/aromatic N) is 1. The minimum absolute atomic E-state index is 0.291. The third-order valence-electron chi connectivity index (χ3n) is 5.13. The summed E-state index contributed by atoms with van der Waals surface area (Å²) in [7, 11) is -3.54. The first-order valence-corrected chi connectivity index (χ1v) is 10.9. The van der Waals surface area contributed by atoms with Crippen LogP contribution in [0.3, 0.4) is 0 Å². The largest absolute Gasteiger partial charge is 0.299 e. The third kappa shape index (κ3) is 4.38. The first kappa shape index (κ1) is 18.2. The highest BCUT2D eigenvalue weighted by molar-refractivity contribution is 7.89. The van der Waals surface area contributed by atoms with E-state index < -0.39 is 10.0 Å². The fraction of sp³-hybridized carbons (Fsp3) is 0.273. The fourth-order valence-corrected chi connectivity index (χ4v) is 4.61. The lowest BCUT2D eigenvalue weighted by Gasteiger charge is -2.14. The lowest BCUT2D eigenvalue weighted by molar-refractivity contribution is 0.331. The maximum atomic E-state index is 12.6. The Hall–Kier alpha value is -2.21. The zero-order valence-electron chi connectivity index (χ0n) is 15.3. The average molecular weight is 381 g/mol. The van der Waals surface area contributed by atoms with Gasteiger partial charge >= 0.3 is 0 Å². The standard InChI is InChI=1S/C22H24N2O2S/c25-27(26,22-12-11-20-5-1-2-6-21(20)15-22)23-16-18-7-9-19(10-8-18)17-24-13-3-4-14-24/h1-2,5-12,15,23H,3-4,13-14,16-17H2. The summed E-state index contributed by atoms with van der Waals surface area (Å²) in [6.45, 7) is 3.61. The van der Waals surface area contributed by atoms with Crippen LogP contribution in [0.25, 0.3) is 10.8 Å². The van der Waals surface area contributed by atoms with E-state index in [1.54, 1.807) is 12.1 Å². The molecule has 0 amide bonds. The molecule has 5 heteroatoms. The van der Waals surface area contributed by atoms with Crippen LogP contribution in [0.2, 0.25) is 0 Å². The molecule has 4 rings (SSSR count). The minimum Gasteiger partial charge on any atom is -0.299 e. The van der Waals surface area contributed by atoms with Crippen molar-refractivity contribution in [3.05, 3.63) is 77.9 Å². The summed E-state index contributed by atoms with van der Waals surface area (Å²) in [4.78, 5) is 2.75. The van der Waals surface area contributed by atoms with E-state index in [4.69, 9.17) is 0 Å². The number of hydrogen-bond donors (Lipinski definition) is 1. The molecule has 140 valence electrons. The smallest absolute Gasteiger partial charge is 0.240 e. The Bertz CT molecular complexity index is 1020. The highest BCUT2D eigenvalue weighted by Gasteiger charge is 2.15. The van der Waals surface area contributed by atoms with E-state index in [-0.39, 0.29) is 0 Å². The van der Waals surface area contributed by atoms with Crippen molar-refractivity contribution < 1.29 is 8.42 Å². The summed E-state index contributed by atoms with van der Waals surface area (Å²) in [5.41, 5.74) is 2.24. The Morgan fingerprint density at radius 3 is 2.22 bits per heavy atom. The van der Waals surface area contributed by atoms with Gasteiger partial charge in [0.15, 0.2) is 0 Å². The molecule has 1 saturated heterocycles. The van der Waals surface area contributed by atoms with Crippen LogP contribution in [-0.2, 0) is 23.1 Å². The van der Waals surface area contributed by atoms with Gasteiger partial charge in [0.1, 0.15) is 0 Å². The van der Waals surface area contributed by atoms with Crippen LogP contribution in [0.5, 0.6) is 0 Å². The second kappa shape index (κ2) is 7.80. The minimum atomic E-state index is -3.54. The summed E-state index contributed by atoms with van der Waals surface area (Å²) in [6, 6.07) is 21.2. The normalized spacial score (nSPS) is 15.4. The first-order chi connectivity index (χ1) is 13.1. The molecule has 1 aliphatic heterocycles. The molecule has 3 aromatic rings. The molecule has 4 nitrogen and oxygen atoms in total. The number of likely N-dealkylation sites (tertiary alicyclic amines) is 1. The topological polar surface area (TPSA) is 49.4 Å². The van der Waals surface area contributed by atoms with Crippen molar-refractivity contribution in [1.29, 1.82) is 0 Å². The first-order valence-electron chi connectivity index (χ1n) is 9.39. The van der Waals surface area contributed by atoms with Gasteiger partial charge in [0.25, 0.3) is 0 Å². The summed E-state index contributed by atoms with van der Waals surface area (Å²) in [5.74, 6) is 0. The van der Waals surface area contributed by atoms with Crippen molar-refractivity contribution >= 4 is 20.8 Å². The molecule has 1 aliphatic rings. The van der Waals surface area contributed by atoms with Crippen LogP contribution in [0.15, 0.2) is 71.6 Å². The molecule has 0 unspecified atom stereocenters. The van der Waals surface area contributed by atoms with Crippen molar-refractivity contribution in [1.82, 2.24) is 9.62 Å². The van der Waals surface area contributed by atoms with Gasteiger partial charge in [-0.25, -0.2) is 13.1 Å². The highest BCUT2D eigenvalue weighted by atomic mass is 32.2. The molecule has 0 bridgehead atoms. The van der Waals surface area contributed by atoms with Gasteiger partial charge in [-0.2, -0.15) is 0 Å². The van der Waals surface area contributed by atoms with Gasteiger partial charge in [-0.3, -0.25) is 4.90 Å². The maximum absolute atomic E-state index is 12.6. The Morgan fingerprint density at radius 2 is 1.48 bits per heavy atom. The van der Waals surface area contributed by atoms with Crippen LogP contribution in [0.1, 0.15) is 24.0 Å². The van der Waals surface area contributed by atoms with Crippen molar-refractivity contribution in [2.45, 2.75) is 30.8 Å². The zero-order chi connectivity index (χ0) is 18.7. The van der Waals surface area contributed by atoms with Gasteiger partial charge in [-0.15, -0.1) is 0 Å². The van der Waals surface area contributed by atoms with E-state index in [9.17, 15) is 8.42 Å².